The lowest BCUT2D eigenvalue weighted by molar-refractivity contribution is -0.385. The Morgan fingerprint density at radius 2 is 2.12 bits per heavy atom. The molecule has 0 unspecified atom stereocenters. The number of nitrogens with zero attached hydrogens (tertiary/aromatic N) is 2. The van der Waals surface area contributed by atoms with E-state index in [0.717, 1.165) is 17.0 Å². The van der Waals surface area contributed by atoms with Crippen molar-refractivity contribution in [2.45, 2.75) is 19.0 Å². The second-order valence-corrected chi connectivity index (χ2v) is 6.27. The number of hydrogen-bond donors (Lipinski definition) is 1. The van der Waals surface area contributed by atoms with Gasteiger partial charge in [0.1, 0.15) is 11.4 Å². The number of nitro groups is 1. The summed E-state index contributed by atoms with van der Waals surface area (Å²) in [6.07, 6.45) is 0. The van der Waals surface area contributed by atoms with Crippen molar-refractivity contribution in [3.63, 3.8) is 0 Å². The molecule has 1 aliphatic heterocycles. The van der Waals surface area contributed by atoms with E-state index in [1.165, 1.54) is 17.4 Å². The van der Waals surface area contributed by atoms with Crippen LogP contribution in [-0.2, 0) is 16.9 Å². The van der Waals surface area contributed by atoms with Crippen LogP contribution in [0.4, 0.5) is 14.9 Å². The summed E-state index contributed by atoms with van der Waals surface area (Å²) in [5, 5.41) is 16.8. The van der Waals surface area contributed by atoms with Gasteiger partial charge in [0.15, 0.2) is 0 Å². The first-order valence-electron chi connectivity index (χ1n) is 6.92. The summed E-state index contributed by atoms with van der Waals surface area (Å²) in [6.45, 7) is 1.29. The van der Waals surface area contributed by atoms with Crippen molar-refractivity contribution in [2.24, 2.45) is 0 Å². The molecule has 0 radical (unpaired) electrons. The van der Waals surface area contributed by atoms with E-state index in [4.69, 9.17) is 0 Å². The van der Waals surface area contributed by atoms with E-state index in [1.54, 1.807) is 23.8 Å². The number of carbonyl (C=O) groups is 2. The van der Waals surface area contributed by atoms with Gasteiger partial charge < -0.3 is 5.32 Å². The van der Waals surface area contributed by atoms with Gasteiger partial charge in [-0.2, -0.15) is 11.3 Å². The molecule has 3 rings (SSSR count). The Kier molecular flexibility index (Phi) is 3.80. The smallest absolute Gasteiger partial charge is 0.319 e. The molecule has 2 heterocycles. The first-order chi connectivity index (χ1) is 11.3. The molecular weight excluding hydrogens is 337 g/mol. The Morgan fingerprint density at radius 3 is 2.71 bits per heavy atom. The fourth-order valence-corrected chi connectivity index (χ4v) is 3.30. The number of urea groups is 1. The Bertz CT molecular complexity index is 839. The normalized spacial score (nSPS) is 20.3. The van der Waals surface area contributed by atoms with Gasteiger partial charge in [-0.1, -0.05) is 0 Å². The van der Waals surface area contributed by atoms with Gasteiger partial charge in [0.2, 0.25) is 0 Å². The molecule has 1 atom stereocenters. The zero-order valence-electron chi connectivity index (χ0n) is 12.5. The summed E-state index contributed by atoms with van der Waals surface area (Å²) in [5.41, 5.74) is -0.915. The second-order valence-electron chi connectivity index (χ2n) is 5.49. The number of non-ortho nitro benzene ring substituents is 1. The van der Waals surface area contributed by atoms with E-state index in [0.29, 0.717) is 5.56 Å². The molecule has 1 saturated heterocycles. The minimum absolute atomic E-state index is 0.0265. The fourth-order valence-electron chi connectivity index (χ4n) is 2.53. The molecule has 124 valence electrons. The monoisotopic (exact) mass is 349 g/mol. The SMILES string of the molecule is C[C@@]1(c2ccsc2)NC(=O)N(Cc2ccc([N+](=O)[O-])cc2F)C1=O. The molecule has 0 saturated carbocycles. The number of nitrogens with one attached hydrogen (secondary N) is 1. The molecule has 1 aromatic heterocycles. The molecule has 9 heteroatoms. The fraction of sp³-hybridized carbons (Fsp3) is 0.200. The minimum atomic E-state index is -1.20. The molecule has 3 amide bonds. The van der Waals surface area contributed by atoms with Gasteiger partial charge in [0.25, 0.3) is 11.6 Å². The number of nitro benzene ring substituents is 1. The lowest BCUT2D eigenvalue weighted by Gasteiger charge is -2.20. The third kappa shape index (κ3) is 2.52. The number of amides is 3. The molecule has 0 aliphatic carbocycles. The molecule has 0 bridgehead atoms. The Hall–Kier alpha value is -2.81. The van der Waals surface area contributed by atoms with Crippen LogP contribution in [0, 0.1) is 15.9 Å². The molecular formula is C15H12FN3O4S. The van der Waals surface area contributed by atoms with Crippen LogP contribution in [0.3, 0.4) is 0 Å². The number of benzene rings is 1. The summed E-state index contributed by atoms with van der Waals surface area (Å²) >= 11 is 1.39. The highest BCUT2D eigenvalue weighted by molar-refractivity contribution is 7.08. The van der Waals surface area contributed by atoms with E-state index >= 15 is 0 Å². The Morgan fingerprint density at radius 1 is 1.38 bits per heavy atom. The molecule has 1 aliphatic rings. The van der Waals surface area contributed by atoms with Crippen molar-refractivity contribution in [2.75, 3.05) is 0 Å². The topological polar surface area (TPSA) is 92.6 Å². The van der Waals surface area contributed by atoms with Crippen molar-refractivity contribution < 1.29 is 18.9 Å². The average Bonchev–Trinajstić information content (AvgIpc) is 3.13. The molecule has 24 heavy (non-hydrogen) atoms. The Labute approximate surface area is 139 Å². The van der Waals surface area contributed by atoms with E-state index < -0.39 is 33.9 Å². The maximum Gasteiger partial charge on any atom is 0.325 e. The van der Waals surface area contributed by atoms with E-state index in [2.05, 4.69) is 5.32 Å². The summed E-state index contributed by atoms with van der Waals surface area (Å²) < 4.78 is 14.0. The number of carbonyl (C=O) groups excluding carboxylic acids is 2. The first-order valence-corrected chi connectivity index (χ1v) is 7.87. The highest BCUT2D eigenvalue weighted by atomic mass is 32.1. The predicted octanol–water partition coefficient (Wildman–Crippen LogP) is 2.76. The standard InChI is InChI=1S/C15H12FN3O4S/c1-15(10-4-5-24-8-10)13(20)18(14(21)17-15)7-9-2-3-11(19(22)23)6-12(9)16/h2-6,8H,7H2,1H3,(H,17,21)/t15-/m0/s1. The quantitative estimate of drug-likeness (QED) is 0.522. The van der Waals surface area contributed by atoms with Gasteiger partial charge in [0.05, 0.1) is 17.5 Å². The van der Waals surface area contributed by atoms with Crippen LogP contribution in [0.2, 0.25) is 0 Å². The van der Waals surface area contributed by atoms with Crippen LogP contribution < -0.4 is 5.32 Å². The van der Waals surface area contributed by atoms with Crippen molar-refractivity contribution in [3.8, 4) is 0 Å². The zero-order chi connectivity index (χ0) is 17.5. The highest BCUT2D eigenvalue weighted by Crippen LogP contribution is 2.31. The summed E-state index contributed by atoms with van der Waals surface area (Å²) in [7, 11) is 0. The maximum absolute atomic E-state index is 14.0. The van der Waals surface area contributed by atoms with Crippen LogP contribution >= 0.6 is 11.3 Å². The van der Waals surface area contributed by atoms with Gasteiger partial charge in [-0.15, -0.1) is 0 Å². The summed E-state index contributed by atoms with van der Waals surface area (Å²) in [4.78, 5) is 35.6. The van der Waals surface area contributed by atoms with Crippen molar-refractivity contribution >= 4 is 29.0 Å². The average molecular weight is 349 g/mol. The number of rotatable bonds is 4. The lowest BCUT2D eigenvalue weighted by Crippen LogP contribution is -2.40. The van der Waals surface area contributed by atoms with Crippen molar-refractivity contribution in [1.82, 2.24) is 10.2 Å². The van der Waals surface area contributed by atoms with Gasteiger partial charge in [0, 0.05) is 11.6 Å². The van der Waals surface area contributed by atoms with Crippen LogP contribution in [0.15, 0.2) is 35.0 Å². The molecule has 1 N–H and O–H groups in total. The Balaban J connectivity index is 1.87. The van der Waals surface area contributed by atoms with Gasteiger partial charge in [-0.05, 0) is 35.4 Å². The van der Waals surface area contributed by atoms with Crippen molar-refractivity contribution in [3.05, 3.63) is 62.1 Å². The van der Waals surface area contributed by atoms with Crippen LogP contribution in [0.5, 0.6) is 0 Å². The molecule has 7 nitrogen and oxygen atoms in total. The third-order valence-electron chi connectivity index (χ3n) is 3.95. The second kappa shape index (κ2) is 5.68. The van der Waals surface area contributed by atoms with Gasteiger partial charge in [-0.3, -0.25) is 19.8 Å². The third-order valence-corrected chi connectivity index (χ3v) is 4.63. The molecule has 0 spiro atoms. The van der Waals surface area contributed by atoms with E-state index in [-0.39, 0.29) is 12.1 Å². The lowest BCUT2D eigenvalue weighted by atomic mass is 9.95. The van der Waals surface area contributed by atoms with E-state index in [1.807, 2.05) is 0 Å². The van der Waals surface area contributed by atoms with Gasteiger partial charge in [-0.25, -0.2) is 9.18 Å². The highest BCUT2D eigenvalue weighted by Gasteiger charge is 2.49. The molecule has 1 aromatic carbocycles. The van der Waals surface area contributed by atoms with Crippen LogP contribution in [0.1, 0.15) is 18.1 Å². The van der Waals surface area contributed by atoms with Crippen molar-refractivity contribution in [1.29, 1.82) is 0 Å². The minimum Gasteiger partial charge on any atom is -0.319 e. The van der Waals surface area contributed by atoms with Gasteiger partial charge >= 0.3 is 6.03 Å². The maximum atomic E-state index is 14.0. The zero-order valence-corrected chi connectivity index (χ0v) is 13.3. The first kappa shape index (κ1) is 16.1. The summed E-state index contributed by atoms with van der Waals surface area (Å²) in [5.74, 6) is -1.34. The number of halogens is 1. The van der Waals surface area contributed by atoms with E-state index in [9.17, 15) is 24.1 Å². The summed E-state index contributed by atoms with van der Waals surface area (Å²) in [6, 6.07) is 4.21. The van der Waals surface area contributed by atoms with Crippen LogP contribution in [0.25, 0.3) is 0 Å². The number of thiophene rings is 1. The molecule has 2 aromatic rings. The predicted molar refractivity (Wildman–Crippen MR) is 83.8 cm³/mol. The molecule has 1 fully saturated rings. The number of imide groups is 1. The number of hydrogen-bond acceptors (Lipinski definition) is 5. The largest absolute Gasteiger partial charge is 0.325 e. The van der Waals surface area contributed by atoms with Crippen LogP contribution in [-0.4, -0.2) is 21.8 Å².